The molecule has 0 fully saturated rings. The largest absolute Gasteiger partial charge is 0.355 e. The molecule has 0 aromatic heterocycles. The summed E-state index contributed by atoms with van der Waals surface area (Å²) < 4.78 is 20.5. The Morgan fingerprint density at radius 3 is 1.83 bits per heavy atom. The van der Waals surface area contributed by atoms with Crippen molar-refractivity contribution in [3.05, 3.63) is 23.8 Å². The molecule has 0 aromatic carbocycles. The minimum absolute atomic E-state index is 0.383. The van der Waals surface area contributed by atoms with E-state index in [9.17, 15) is 9.13 Å². The molecule has 0 bridgehead atoms. The van der Waals surface area contributed by atoms with Crippen LogP contribution in [-0.2, 0) is 9.13 Å². The monoisotopic (exact) mass is 214 g/mol. The van der Waals surface area contributed by atoms with E-state index in [-0.39, 0.29) is 0 Å². The van der Waals surface area contributed by atoms with Gasteiger partial charge in [0, 0.05) is 5.82 Å². The second kappa shape index (κ2) is 3.66. The summed E-state index contributed by atoms with van der Waals surface area (Å²) in [5, 5.41) is -0.633. The zero-order valence-corrected chi connectivity index (χ0v) is 7.65. The van der Waals surface area contributed by atoms with Crippen LogP contribution in [0, 0.1) is 0 Å². The van der Waals surface area contributed by atoms with Gasteiger partial charge in [-0.2, -0.15) is 0 Å². The van der Waals surface area contributed by atoms with Gasteiger partial charge in [-0.25, -0.2) is 0 Å². The Morgan fingerprint density at radius 1 is 1.17 bits per heavy atom. The van der Waals surface area contributed by atoms with Crippen molar-refractivity contribution in [2.75, 3.05) is 0 Å². The highest BCUT2D eigenvalue weighted by Crippen LogP contribution is 2.46. The molecule has 8 heteroatoms. The van der Waals surface area contributed by atoms with Crippen molar-refractivity contribution in [2.45, 2.75) is 0 Å². The Kier molecular flexibility index (Phi) is 3.59. The van der Waals surface area contributed by atoms with Crippen LogP contribution in [0.4, 0.5) is 0 Å². The smallest absolute Gasteiger partial charge is 0.321 e. The Balaban J connectivity index is 4.52. The molecule has 0 heterocycles. The molecule has 0 rings (SSSR count). The van der Waals surface area contributed by atoms with Crippen LogP contribution in [0.1, 0.15) is 0 Å². The van der Waals surface area contributed by atoms with Crippen molar-refractivity contribution in [3.63, 3.8) is 0 Å². The third-order valence-corrected chi connectivity index (χ3v) is 2.27. The van der Waals surface area contributed by atoms with Crippen molar-refractivity contribution in [2.24, 2.45) is 0 Å². The Morgan fingerprint density at radius 2 is 1.58 bits per heavy atom. The highest BCUT2D eigenvalue weighted by molar-refractivity contribution is 7.57. The minimum Gasteiger partial charge on any atom is -0.321 e. The van der Waals surface area contributed by atoms with E-state index < -0.39 is 20.5 Å². The summed E-state index contributed by atoms with van der Waals surface area (Å²) in [6.07, 6.45) is 0.613. The Labute approximate surface area is 68.6 Å². The number of rotatable bonds is 3. The molecule has 0 saturated heterocycles. The number of hydrogen-bond acceptors (Lipinski definition) is 2. The Hall–Kier alpha value is -0.220. The summed E-state index contributed by atoms with van der Waals surface area (Å²) in [4.78, 5) is 33.3. The molecule has 0 saturated carbocycles. The zero-order chi connectivity index (χ0) is 9.99. The summed E-state index contributed by atoms with van der Waals surface area (Å²) in [5.74, 6) is 0.383. The molecule has 0 atom stereocenters. The third kappa shape index (κ3) is 5.43. The molecule has 70 valence electrons. The van der Waals surface area contributed by atoms with E-state index in [1.54, 1.807) is 0 Å². The van der Waals surface area contributed by atoms with E-state index in [4.69, 9.17) is 19.6 Å². The van der Waals surface area contributed by atoms with E-state index in [0.29, 0.717) is 11.9 Å². The second-order valence-corrected chi connectivity index (χ2v) is 5.08. The van der Waals surface area contributed by atoms with Gasteiger partial charge in [0.25, 0.3) is 0 Å². The second-order valence-electron chi connectivity index (χ2n) is 1.94. The molecule has 6 nitrogen and oxygen atoms in total. The molecule has 0 aliphatic rings. The van der Waals surface area contributed by atoms with Crippen LogP contribution < -0.4 is 0 Å². The lowest BCUT2D eigenvalue weighted by Gasteiger charge is -2.01. The van der Waals surface area contributed by atoms with Crippen LogP contribution in [0.25, 0.3) is 0 Å². The van der Waals surface area contributed by atoms with Crippen molar-refractivity contribution in [1.82, 2.24) is 0 Å². The van der Waals surface area contributed by atoms with Gasteiger partial charge in [-0.3, -0.25) is 9.13 Å². The van der Waals surface area contributed by atoms with E-state index >= 15 is 0 Å². The van der Waals surface area contributed by atoms with Gasteiger partial charge in [0.15, 0.2) is 0 Å². The molecule has 0 spiro atoms. The van der Waals surface area contributed by atoms with E-state index in [2.05, 4.69) is 6.58 Å². The van der Waals surface area contributed by atoms with Gasteiger partial charge in [-0.05, 0) is 6.08 Å². The van der Waals surface area contributed by atoms with Crippen LogP contribution in [-0.4, -0.2) is 19.6 Å². The highest BCUT2D eigenvalue weighted by atomic mass is 31.2. The summed E-state index contributed by atoms with van der Waals surface area (Å²) in [6, 6.07) is 0. The van der Waals surface area contributed by atoms with E-state index in [1.807, 2.05) is 0 Å². The van der Waals surface area contributed by atoms with Gasteiger partial charge < -0.3 is 19.6 Å². The predicted molar refractivity (Wildman–Crippen MR) is 42.4 cm³/mol. The number of hydrogen-bond donors (Lipinski definition) is 4. The maximum Gasteiger partial charge on any atom is 0.355 e. The normalized spacial score (nSPS) is 13.7. The topological polar surface area (TPSA) is 115 Å². The van der Waals surface area contributed by atoms with Crippen LogP contribution >= 0.6 is 15.2 Å². The average molecular weight is 214 g/mol. The summed E-state index contributed by atoms with van der Waals surface area (Å²) in [6.45, 7) is 2.94. The molecule has 12 heavy (non-hydrogen) atoms. The molecule has 0 aliphatic carbocycles. The fraction of sp³-hybridized carbons (Fsp3) is 0. The maximum atomic E-state index is 10.3. The van der Waals surface area contributed by atoms with Gasteiger partial charge in [0.2, 0.25) is 0 Å². The number of allylic oxidation sites excluding steroid dienone is 2. The molecule has 0 aromatic rings. The van der Waals surface area contributed by atoms with Gasteiger partial charge in [0.1, 0.15) is 0 Å². The fourth-order valence-electron chi connectivity index (χ4n) is 0.280. The standard InChI is InChI=1S/C4H8O6P2/c1-4(12(8,9)10)2-3-11(5,6)7/h2-3H,1H2,(H2,5,6,7)(H2,8,9,10). The molecular weight excluding hydrogens is 206 g/mol. The van der Waals surface area contributed by atoms with Gasteiger partial charge in [-0.1, -0.05) is 6.58 Å². The van der Waals surface area contributed by atoms with Crippen molar-refractivity contribution in [3.8, 4) is 0 Å². The molecule has 4 N–H and O–H groups in total. The molecular formula is C4H8O6P2. The molecule has 0 radical (unpaired) electrons. The van der Waals surface area contributed by atoms with Gasteiger partial charge in [-0.15, -0.1) is 0 Å². The lowest BCUT2D eigenvalue weighted by molar-refractivity contribution is 0.383. The first kappa shape index (κ1) is 11.8. The van der Waals surface area contributed by atoms with Crippen molar-refractivity contribution in [1.29, 1.82) is 0 Å². The fourth-order valence-corrected chi connectivity index (χ4v) is 1.04. The first-order valence-corrected chi connectivity index (χ1v) is 5.92. The van der Waals surface area contributed by atoms with Crippen LogP contribution in [0.5, 0.6) is 0 Å². The minimum atomic E-state index is -4.47. The lowest BCUT2D eigenvalue weighted by Crippen LogP contribution is -1.79. The summed E-state index contributed by atoms with van der Waals surface area (Å²) in [5.41, 5.74) is 0. The average Bonchev–Trinajstić information content (AvgIpc) is 1.78. The van der Waals surface area contributed by atoms with Gasteiger partial charge in [0.05, 0.1) is 5.31 Å². The Bertz CT molecular complexity index is 293. The maximum absolute atomic E-state index is 10.3. The highest BCUT2D eigenvalue weighted by Gasteiger charge is 2.16. The van der Waals surface area contributed by atoms with Crippen molar-refractivity contribution >= 4 is 15.2 Å². The third-order valence-electron chi connectivity index (χ3n) is 0.835. The lowest BCUT2D eigenvalue weighted by atomic mass is 10.6. The summed E-state index contributed by atoms with van der Waals surface area (Å²) in [7, 11) is -8.84. The van der Waals surface area contributed by atoms with Gasteiger partial charge >= 0.3 is 15.2 Å². The molecule has 0 aliphatic heterocycles. The van der Waals surface area contributed by atoms with E-state index in [1.165, 1.54) is 0 Å². The summed E-state index contributed by atoms with van der Waals surface area (Å²) >= 11 is 0. The van der Waals surface area contributed by atoms with Crippen molar-refractivity contribution < 1.29 is 28.7 Å². The predicted octanol–water partition coefficient (Wildman–Crippen LogP) is 0.369. The first-order valence-electron chi connectivity index (χ1n) is 2.62. The van der Waals surface area contributed by atoms with Crippen LogP contribution in [0.3, 0.4) is 0 Å². The van der Waals surface area contributed by atoms with Crippen LogP contribution in [0.2, 0.25) is 0 Å². The van der Waals surface area contributed by atoms with Crippen LogP contribution in [0.15, 0.2) is 23.8 Å². The SMILES string of the molecule is C=C(C=CP(=O)(O)O)P(=O)(O)O. The quantitative estimate of drug-likeness (QED) is 0.398. The van der Waals surface area contributed by atoms with E-state index in [0.717, 1.165) is 0 Å². The first-order chi connectivity index (χ1) is 5.13. The molecule has 0 amide bonds. The molecule has 0 unspecified atom stereocenters. The zero-order valence-electron chi connectivity index (χ0n) is 5.86.